The van der Waals surface area contributed by atoms with Crippen molar-refractivity contribution in [3.63, 3.8) is 0 Å². The van der Waals surface area contributed by atoms with Crippen LogP contribution in [0.15, 0.2) is 42.5 Å². The molecule has 0 amide bonds. The maximum absolute atomic E-state index is 13.1. The van der Waals surface area contributed by atoms with E-state index in [2.05, 4.69) is 0 Å². The van der Waals surface area contributed by atoms with Crippen LogP contribution in [0.5, 0.6) is 0 Å². The Morgan fingerprint density at radius 3 is 2.25 bits per heavy atom. The number of halogens is 4. The SMILES string of the molecule is O=C(O)c1cc(-c2cccc(F)c2)cc(C(F)(F)F)c1. The number of carbonyl (C=O) groups is 1. The monoisotopic (exact) mass is 284 g/mol. The zero-order valence-electron chi connectivity index (χ0n) is 9.91. The van der Waals surface area contributed by atoms with Gasteiger partial charge in [0.2, 0.25) is 0 Å². The van der Waals surface area contributed by atoms with Crippen LogP contribution in [0.3, 0.4) is 0 Å². The molecule has 2 aromatic carbocycles. The van der Waals surface area contributed by atoms with Gasteiger partial charge in [-0.15, -0.1) is 0 Å². The molecule has 0 radical (unpaired) electrons. The van der Waals surface area contributed by atoms with Crippen molar-refractivity contribution in [3.05, 3.63) is 59.4 Å². The second-order valence-corrected chi connectivity index (χ2v) is 4.11. The number of aromatic carboxylic acids is 1. The van der Waals surface area contributed by atoms with E-state index >= 15 is 0 Å². The van der Waals surface area contributed by atoms with Crippen molar-refractivity contribution in [2.45, 2.75) is 6.18 Å². The summed E-state index contributed by atoms with van der Waals surface area (Å²) in [6.07, 6.45) is -4.67. The number of hydrogen-bond acceptors (Lipinski definition) is 1. The highest BCUT2D eigenvalue weighted by Gasteiger charge is 2.31. The zero-order chi connectivity index (χ0) is 14.9. The van der Waals surface area contributed by atoms with Gasteiger partial charge in [0.05, 0.1) is 11.1 Å². The summed E-state index contributed by atoms with van der Waals surface area (Å²) < 4.78 is 51.3. The summed E-state index contributed by atoms with van der Waals surface area (Å²) in [5.74, 6) is -2.09. The lowest BCUT2D eigenvalue weighted by Crippen LogP contribution is -2.08. The van der Waals surface area contributed by atoms with Crippen LogP contribution in [0.1, 0.15) is 15.9 Å². The maximum atomic E-state index is 13.1. The first-order chi connectivity index (χ1) is 9.27. The van der Waals surface area contributed by atoms with Crippen LogP contribution in [0.25, 0.3) is 11.1 Å². The molecule has 0 atom stereocenters. The average Bonchev–Trinajstić information content (AvgIpc) is 2.37. The second-order valence-electron chi connectivity index (χ2n) is 4.11. The third-order valence-electron chi connectivity index (χ3n) is 2.67. The van der Waals surface area contributed by atoms with Gasteiger partial charge in [-0.05, 0) is 41.5 Å². The fourth-order valence-corrected chi connectivity index (χ4v) is 1.75. The minimum atomic E-state index is -4.67. The molecule has 0 aliphatic carbocycles. The van der Waals surface area contributed by atoms with E-state index in [-0.39, 0.29) is 11.1 Å². The van der Waals surface area contributed by atoms with Crippen LogP contribution in [0.4, 0.5) is 17.6 Å². The Morgan fingerprint density at radius 1 is 1.00 bits per heavy atom. The van der Waals surface area contributed by atoms with Crippen LogP contribution in [-0.4, -0.2) is 11.1 Å². The maximum Gasteiger partial charge on any atom is 0.416 e. The normalized spacial score (nSPS) is 11.4. The minimum absolute atomic E-state index is 0.00303. The number of rotatable bonds is 2. The van der Waals surface area contributed by atoms with Gasteiger partial charge in [0.15, 0.2) is 0 Å². The Kier molecular flexibility index (Phi) is 3.48. The molecule has 0 spiro atoms. The summed E-state index contributed by atoms with van der Waals surface area (Å²) in [6, 6.07) is 7.35. The molecule has 0 fully saturated rings. The van der Waals surface area contributed by atoms with Crippen molar-refractivity contribution in [2.24, 2.45) is 0 Å². The van der Waals surface area contributed by atoms with Gasteiger partial charge >= 0.3 is 12.1 Å². The number of benzene rings is 2. The topological polar surface area (TPSA) is 37.3 Å². The van der Waals surface area contributed by atoms with E-state index in [4.69, 9.17) is 5.11 Å². The molecular weight excluding hydrogens is 276 g/mol. The van der Waals surface area contributed by atoms with Crippen molar-refractivity contribution in [2.75, 3.05) is 0 Å². The molecule has 20 heavy (non-hydrogen) atoms. The van der Waals surface area contributed by atoms with Gasteiger partial charge < -0.3 is 5.11 Å². The Morgan fingerprint density at radius 2 is 1.70 bits per heavy atom. The molecule has 0 saturated carbocycles. The number of carboxylic acids is 1. The highest BCUT2D eigenvalue weighted by molar-refractivity contribution is 5.90. The minimum Gasteiger partial charge on any atom is -0.478 e. The van der Waals surface area contributed by atoms with Gasteiger partial charge in [0.1, 0.15) is 5.82 Å². The number of alkyl halides is 3. The first-order valence-corrected chi connectivity index (χ1v) is 5.49. The second kappa shape index (κ2) is 4.96. The molecule has 0 bridgehead atoms. The third-order valence-corrected chi connectivity index (χ3v) is 2.67. The molecule has 0 aliphatic rings. The summed E-state index contributed by atoms with van der Waals surface area (Å²) in [7, 11) is 0. The van der Waals surface area contributed by atoms with E-state index in [0.29, 0.717) is 6.07 Å². The van der Waals surface area contributed by atoms with E-state index in [1.54, 1.807) is 0 Å². The van der Waals surface area contributed by atoms with E-state index in [1.165, 1.54) is 12.1 Å². The molecule has 1 N–H and O–H groups in total. The summed E-state index contributed by atoms with van der Waals surface area (Å²) >= 11 is 0. The van der Waals surface area contributed by atoms with E-state index in [1.807, 2.05) is 0 Å². The number of carboxylic acid groups (broad SMARTS) is 1. The Hall–Kier alpha value is -2.37. The molecule has 2 nitrogen and oxygen atoms in total. The largest absolute Gasteiger partial charge is 0.478 e. The van der Waals surface area contributed by atoms with Gasteiger partial charge in [0, 0.05) is 0 Å². The predicted octanol–water partition coefficient (Wildman–Crippen LogP) is 4.21. The highest BCUT2D eigenvalue weighted by atomic mass is 19.4. The van der Waals surface area contributed by atoms with Crippen LogP contribution >= 0.6 is 0 Å². The summed E-state index contributed by atoms with van der Waals surface area (Å²) in [5, 5.41) is 8.86. The fraction of sp³-hybridized carbons (Fsp3) is 0.0714. The van der Waals surface area contributed by atoms with Crippen LogP contribution in [-0.2, 0) is 6.18 Å². The molecular formula is C14H8F4O2. The molecule has 0 aromatic heterocycles. The zero-order valence-corrected chi connectivity index (χ0v) is 9.91. The lowest BCUT2D eigenvalue weighted by atomic mass is 9.99. The lowest BCUT2D eigenvalue weighted by molar-refractivity contribution is -0.137. The molecule has 0 unspecified atom stereocenters. The fourth-order valence-electron chi connectivity index (χ4n) is 1.75. The van der Waals surface area contributed by atoms with E-state index in [0.717, 1.165) is 24.3 Å². The number of hydrogen-bond donors (Lipinski definition) is 1. The summed E-state index contributed by atoms with van der Waals surface area (Å²) in [6.45, 7) is 0. The molecule has 6 heteroatoms. The van der Waals surface area contributed by atoms with Crippen molar-refractivity contribution in [3.8, 4) is 11.1 Å². The first-order valence-electron chi connectivity index (χ1n) is 5.49. The van der Waals surface area contributed by atoms with Gasteiger partial charge in [0.25, 0.3) is 0 Å². The molecule has 0 aliphatic heterocycles. The van der Waals surface area contributed by atoms with Crippen molar-refractivity contribution in [1.29, 1.82) is 0 Å². The summed E-state index contributed by atoms with van der Waals surface area (Å²) in [4.78, 5) is 10.9. The molecule has 2 aromatic rings. The summed E-state index contributed by atoms with van der Waals surface area (Å²) in [5.41, 5.74) is -1.41. The smallest absolute Gasteiger partial charge is 0.416 e. The van der Waals surface area contributed by atoms with Gasteiger partial charge in [-0.2, -0.15) is 13.2 Å². The Bertz CT molecular complexity index is 662. The van der Waals surface area contributed by atoms with Gasteiger partial charge in [-0.3, -0.25) is 0 Å². The van der Waals surface area contributed by atoms with E-state index in [9.17, 15) is 22.4 Å². The van der Waals surface area contributed by atoms with Crippen molar-refractivity contribution in [1.82, 2.24) is 0 Å². The molecule has 2 rings (SSSR count). The standard InChI is InChI=1S/C14H8F4O2/c15-12-3-1-2-8(7-12)9-4-10(13(19)20)6-11(5-9)14(16,17)18/h1-7H,(H,19,20). The predicted molar refractivity (Wildman–Crippen MR) is 63.8 cm³/mol. The highest BCUT2D eigenvalue weighted by Crippen LogP contribution is 2.33. The first kappa shape index (κ1) is 14.0. The third kappa shape index (κ3) is 2.96. The van der Waals surface area contributed by atoms with Crippen LogP contribution in [0, 0.1) is 5.82 Å². The van der Waals surface area contributed by atoms with Crippen molar-refractivity contribution < 1.29 is 27.5 Å². The lowest BCUT2D eigenvalue weighted by Gasteiger charge is -2.11. The molecule has 0 saturated heterocycles. The van der Waals surface area contributed by atoms with Crippen molar-refractivity contribution >= 4 is 5.97 Å². The Labute approximate surface area is 111 Å². The van der Waals surface area contributed by atoms with Gasteiger partial charge in [-0.1, -0.05) is 12.1 Å². The van der Waals surface area contributed by atoms with Gasteiger partial charge in [-0.25, -0.2) is 9.18 Å². The quantitative estimate of drug-likeness (QED) is 0.839. The molecule has 104 valence electrons. The molecule has 0 heterocycles. The average molecular weight is 284 g/mol. The van der Waals surface area contributed by atoms with Crippen LogP contribution < -0.4 is 0 Å². The van der Waals surface area contributed by atoms with Crippen LogP contribution in [0.2, 0.25) is 0 Å². The Balaban J connectivity index is 2.64. The van der Waals surface area contributed by atoms with E-state index < -0.39 is 29.1 Å².